The first-order chi connectivity index (χ1) is 22.9. The third-order valence-corrected chi connectivity index (χ3v) is 12.4. The number of hydrogen-bond donors (Lipinski definition) is 3. The van der Waals surface area contributed by atoms with Crippen LogP contribution in [0.1, 0.15) is 62.3 Å². The Morgan fingerprint density at radius 1 is 0.667 bits per heavy atom. The second kappa shape index (κ2) is 15.8. The summed E-state index contributed by atoms with van der Waals surface area (Å²) in [5.41, 5.74) is 1.73. The van der Waals surface area contributed by atoms with Crippen molar-refractivity contribution in [1.82, 2.24) is 4.90 Å². The second-order valence-electron chi connectivity index (χ2n) is 13.2. The summed E-state index contributed by atoms with van der Waals surface area (Å²) >= 11 is 0. The van der Waals surface area contributed by atoms with Gasteiger partial charge in [0.05, 0.1) is 0 Å². The predicted molar refractivity (Wildman–Crippen MR) is 195 cm³/mol. The third-order valence-electron chi connectivity index (χ3n) is 9.57. The molecule has 0 spiro atoms. The fourth-order valence-electron chi connectivity index (χ4n) is 7.67. The monoisotopic (exact) mass is 670 g/mol. The summed E-state index contributed by atoms with van der Waals surface area (Å²) in [6.45, 7) is 7.82. The van der Waals surface area contributed by atoms with E-state index in [0.29, 0.717) is 0 Å². The first-order valence-electron chi connectivity index (χ1n) is 16.6. The number of ether oxygens (including phenoxy) is 2. The normalized spacial score (nSPS) is 15.2. The summed E-state index contributed by atoms with van der Waals surface area (Å²) in [7, 11) is -2.92. The van der Waals surface area contributed by atoms with Gasteiger partial charge in [-0.1, -0.05) is 0 Å². The van der Waals surface area contributed by atoms with Crippen LogP contribution < -0.4 is 0 Å². The Kier molecular flexibility index (Phi) is 12.3. The molecule has 0 aliphatic rings. The molecule has 0 aromatic heterocycles. The SMILES string of the molecule is COC(OC)C(CC(c1ccccc1)C(c1ccccc1)(c1ccccc1)c1ccccc1)P(O)(O)(O)CC(C#N)N(C(C)C)C(C)C. The number of hydrogen-bond acceptors (Lipinski definition) is 7. The minimum atomic E-state index is -5.78. The van der Waals surface area contributed by atoms with Crippen molar-refractivity contribution in [2.75, 3.05) is 20.4 Å². The second-order valence-corrected chi connectivity index (χ2v) is 16.7. The number of nitrogens with zero attached hydrogens (tertiary/aromatic N) is 2. The van der Waals surface area contributed by atoms with Crippen molar-refractivity contribution in [3.63, 3.8) is 0 Å². The molecular weight excluding hydrogens is 619 g/mol. The Hall–Kier alpha value is -3.44. The molecule has 3 N–H and O–H groups in total. The van der Waals surface area contributed by atoms with Gasteiger partial charge < -0.3 is 0 Å². The van der Waals surface area contributed by atoms with E-state index >= 15 is 0 Å². The average molecular weight is 671 g/mol. The van der Waals surface area contributed by atoms with Crippen LogP contribution >= 0.6 is 7.28 Å². The zero-order valence-corrected chi connectivity index (χ0v) is 29.8. The van der Waals surface area contributed by atoms with Crippen molar-refractivity contribution >= 4 is 7.28 Å². The fourth-order valence-corrected chi connectivity index (χ4v) is 10.3. The molecule has 3 unspecified atom stereocenters. The van der Waals surface area contributed by atoms with E-state index in [1.807, 2.05) is 118 Å². The molecule has 0 fully saturated rings. The molecule has 4 aromatic rings. The van der Waals surface area contributed by atoms with Crippen LogP contribution in [0.2, 0.25) is 0 Å². The molecule has 0 amide bonds. The van der Waals surface area contributed by atoms with Crippen LogP contribution in [0, 0.1) is 11.3 Å². The summed E-state index contributed by atoms with van der Waals surface area (Å²) in [5, 5.41) is 10.4. The minimum absolute atomic E-state index is 0.0396. The van der Waals surface area contributed by atoms with Gasteiger partial charge >= 0.3 is 287 Å². The van der Waals surface area contributed by atoms with Crippen LogP contribution in [0.4, 0.5) is 0 Å². The Morgan fingerprint density at radius 2 is 1.04 bits per heavy atom. The summed E-state index contributed by atoms with van der Waals surface area (Å²) in [4.78, 5) is 39.0. The van der Waals surface area contributed by atoms with Crippen molar-refractivity contribution in [3.8, 4) is 6.07 Å². The molecule has 0 aliphatic heterocycles. The van der Waals surface area contributed by atoms with E-state index in [9.17, 15) is 19.9 Å². The number of rotatable bonds is 16. The first-order valence-corrected chi connectivity index (χ1v) is 18.9. The fraction of sp³-hybridized carbons (Fsp3) is 0.375. The van der Waals surface area contributed by atoms with E-state index in [-0.39, 0.29) is 18.5 Å². The van der Waals surface area contributed by atoms with Gasteiger partial charge in [-0.05, 0) is 0 Å². The van der Waals surface area contributed by atoms with E-state index in [1.54, 1.807) is 0 Å². The molecule has 0 saturated heterocycles. The molecule has 0 bridgehead atoms. The Labute approximate surface area is 286 Å². The molecule has 8 heteroatoms. The Morgan fingerprint density at radius 3 is 1.38 bits per heavy atom. The van der Waals surface area contributed by atoms with Gasteiger partial charge in [-0.15, -0.1) is 0 Å². The van der Waals surface area contributed by atoms with Crippen LogP contribution in [0.3, 0.4) is 0 Å². The van der Waals surface area contributed by atoms with Crippen molar-refractivity contribution in [3.05, 3.63) is 144 Å². The molecule has 48 heavy (non-hydrogen) atoms. The van der Waals surface area contributed by atoms with E-state index in [0.717, 1.165) is 22.3 Å². The molecule has 4 rings (SSSR count). The maximum absolute atomic E-state index is 12.4. The maximum atomic E-state index is 12.4. The number of benzene rings is 4. The van der Waals surface area contributed by atoms with Gasteiger partial charge in [0.2, 0.25) is 0 Å². The van der Waals surface area contributed by atoms with Crippen LogP contribution in [0.25, 0.3) is 0 Å². The molecule has 0 aliphatic carbocycles. The molecular formula is C40H51N2O5P. The molecule has 0 saturated carbocycles. The van der Waals surface area contributed by atoms with Gasteiger partial charge in [0, 0.05) is 0 Å². The number of methoxy groups -OCH3 is 2. The van der Waals surface area contributed by atoms with E-state index in [1.165, 1.54) is 14.2 Å². The molecule has 4 aromatic carbocycles. The Balaban J connectivity index is 2.06. The van der Waals surface area contributed by atoms with Crippen LogP contribution in [-0.2, 0) is 14.9 Å². The van der Waals surface area contributed by atoms with Crippen molar-refractivity contribution < 1.29 is 24.2 Å². The standard InChI is InChI=1S/C40H51N2O5P/c1-30(2)42(31(3)4)36(28-41)29-48(43,44,45)38(39(46-5)47-6)27-37(32-19-11-7-12-20-32)40(33-21-13-8-14-22-33,34-23-15-9-16-24-34)35-25-17-10-18-26-35/h7-26,30-31,36-39,43-45H,27,29H2,1-6H3. The van der Waals surface area contributed by atoms with Crippen molar-refractivity contribution in [2.45, 2.75) is 75.5 Å². The average Bonchev–Trinajstić information content (AvgIpc) is 3.08. The first kappa shape index (κ1) is 37.4. The van der Waals surface area contributed by atoms with Crippen LogP contribution in [-0.4, -0.2) is 70.0 Å². The van der Waals surface area contributed by atoms with Crippen molar-refractivity contribution in [2.24, 2.45) is 0 Å². The van der Waals surface area contributed by atoms with E-state index in [2.05, 4.69) is 42.5 Å². The molecule has 0 heterocycles. The molecule has 256 valence electrons. The zero-order chi connectivity index (χ0) is 35.0. The van der Waals surface area contributed by atoms with Gasteiger partial charge in [-0.3, -0.25) is 0 Å². The van der Waals surface area contributed by atoms with Crippen LogP contribution in [0.15, 0.2) is 121 Å². The van der Waals surface area contributed by atoms with Gasteiger partial charge in [-0.25, -0.2) is 0 Å². The molecule has 7 nitrogen and oxygen atoms in total. The molecule has 3 atom stereocenters. The third kappa shape index (κ3) is 7.88. The van der Waals surface area contributed by atoms with Gasteiger partial charge in [0.1, 0.15) is 0 Å². The summed E-state index contributed by atoms with van der Waals surface area (Å²) in [5.74, 6) is -0.483. The zero-order valence-electron chi connectivity index (χ0n) is 28.9. The number of nitriles is 1. The van der Waals surface area contributed by atoms with Crippen molar-refractivity contribution in [1.29, 1.82) is 5.26 Å². The summed E-state index contributed by atoms with van der Waals surface area (Å²) < 4.78 is 11.6. The van der Waals surface area contributed by atoms with Gasteiger partial charge in [0.15, 0.2) is 0 Å². The van der Waals surface area contributed by atoms with Gasteiger partial charge in [-0.2, -0.15) is 0 Å². The Bertz CT molecular complexity index is 1480. The summed E-state index contributed by atoms with van der Waals surface area (Å²) in [6, 6.07) is 41.7. The van der Waals surface area contributed by atoms with E-state index in [4.69, 9.17) is 9.47 Å². The topological polar surface area (TPSA) is 106 Å². The molecule has 0 radical (unpaired) electrons. The van der Waals surface area contributed by atoms with Gasteiger partial charge in [0.25, 0.3) is 0 Å². The van der Waals surface area contributed by atoms with Crippen LogP contribution in [0.5, 0.6) is 0 Å². The van der Waals surface area contributed by atoms with E-state index < -0.39 is 42.8 Å². The predicted octanol–water partition coefficient (Wildman–Crippen LogP) is 7.47. The summed E-state index contributed by atoms with van der Waals surface area (Å²) in [6.07, 6.45) is -1.71. The quantitative estimate of drug-likeness (QED) is 0.0645.